The first kappa shape index (κ1) is 18.3. The van der Waals surface area contributed by atoms with E-state index in [1.807, 2.05) is 18.2 Å². The van der Waals surface area contributed by atoms with E-state index in [2.05, 4.69) is 20.9 Å². The van der Waals surface area contributed by atoms with Crippen molar-refractivity contribution in [2.45, 2.75) is 19.9 Å². The first-order chi connectivity index (χ1) is 12.6. The van der Waals surface area contributed by atoms with Crippen molar-refractivity contribution in [1.29, 1.82) is 0 Å². The second kappa shape index (κ2) is 8.23. The largest absolute Gasteiger partial charge is 0.495 e. The molecule has 7 nitrogen and oxygen atoms in total. The maximum absolute atomic E-state index is 11.9. The van der Waals surface area contributed by atoms with Crippen LogP contribution in [0.1, 0.15) is 12.1 Å². The number of hydrogen-bond donors (Lipinski definition) is 1. The topological polar surface area (TPSA) is 70.6 Å². The first-order valence-electron chi connectivity index (χ1n) is 8.99. The lowest BCUT2D eigenvalue weighted by Gasteiger charge is -2.36. The standard InChI is InChI=1S/C19H26N4O3/c1-15-14-18(24)23(19(25)20-15)9-5-8-21-10-12-22(13-11-21)16-6-3-4-7-17(16)26-2/h3-4,6-7,14H,5,8-13H2,1-2H3,(H,20,25). The van der Waals surface area contributed by atoms with Crippen LogP contribution >= 0.6 is 0 Å². The summed E-state index contributed by atoms with van der Waals surface area (Å²) in [5.74, 6) is 0.902. The molecule has 1 aromatic carbocycles. The van der Waals surface area contributed by atoms with Gasteiger partial charge >= 0.3 is 5.69 Å². The van der Waals surface area contributed by atoms with Crippen LogP contribution in [-0.4, -0.2) is 54.3 Å². The highest BCUT2D eigenvalue weighted by molar-refractivity contribution is 5.58. The van der Waals surface area contributed by atoms with Crippen molar-refractivity contribution in [3.05, 3.63) is 56.9 Å². The normalized spacial score (nSPS) is 15.2. The van der Waals surface area contributed by atoms with E-state index in [-0.39, 0.29) is 11.2 Å². The van der Waals surface area contributed by atoms with Gasteiger partial charge in [0.2, 0.25) is 0 Å². The van der Waals surface area contributed by atoms with Crippen molar-refractivity contribution in [2.75, 3.05) is 44.7 Å². The van der Waals surface area contributed by atoms with Gasteiger partial charge < -0.3 is 14.6 Å². The van der Waals surface area contributed by atoms with Crippen LogP contribution in [0.3, 0.4) is 0 Å². The van der Waals surface area contributed by atoms with Crippen LogP contribution in [0.25, 0.3) is 0 Å². The molecule has 1 aliphatic rings. The summed E-state index contributed by atoms with van der Waals surface area (Å²) in [5, 5.41) is 0. The molecular formula is C19H26N4O3. The maximum Gasteiger partial charge on any atom is 0.328 e. The Kier molecular flexibility index (Phi) is 5.78. The third-order valence-electron chi connectivity index (χ3n) is 4.81. The quantitative estimate of drug-likeness (QED) is 0.836. The van der Waals surface area contributed by atoms with Crippen LogP contribution in [0, 0.1) is 6.92 Å². The lowest BCUT2D eigenvalue weighted by atomic mass is 10.2. The molecule has 2 aromatic rings. The van der Waals surface area contributed by atoms with E-state index in [0.717, 1.165) is 50.6 Å². The minimum Gasteiger partial charge on any atom is -0.495 e. The Morgan fingerprint density at radius 1 is 1.08 bits per heavy atom. The number of anilines is 1. The summed E-state index contributed by atoms with van der Waals surface area (Å²) in [6.45, 7) is 6.82. The van der Waals surface area contributed by atoms with Gasteiger partial charge in [-0.25, -0.2) is 4.79 Å². The molecule has 3 rings (SSSR count). The highest BCUT2D eigenvalue weighted by Crippen LogP contribution is 2.28. The average molecular weight is 358 g/mol. The Hall–Kier alpha value is -2.54. The van der Waals surface area contributed by atoms with E-state index in [9.17, 15) is 9.59 Å². The number of aryl methyl sites for hydroxylation is 1. The van der Waals surface area contributed by atoms with Crippen LogP contribution in [0.15, 0.2) is 39.9 Å². The number of rotatable bonds is 6. The first-order valence-corrected chi connectivity index (χ1v) is 8.99. The molecule has 1 saturated heterocycles. The van der Waals surface area contributed by atoms with Gasteiger partial charge in [-0.1, -0.05) is 12.1 Å². The molecule has 1 aliphatic heterocycles. The van der Waals surface area contributed by atoms with Crippen LogP contribution in [0.2, 0.25) is 0 Å². The molecule has 0 spiro atoms. The molecule has 0 aliphatic carbocycles. The second-order valence-corrected chi connectivity index (χ2v) is 6.60. The van der Waals surface area contributed by atoms with E-state index in [1.165, 1.54) is 10.6 Å². The number of aromatic amines is 1. The number of hydrogen-bond acceptors (Lipinski definition) is 5. The average Bonchev–Trinajstić information content (AvgIpc) is 2.64. The summed E-state index contributed by atoms with van der Waals surface area (Å²) in [6.07, 6.45) is 0.778. The summed E-state index contributed by atoms with van der Waals surface area (Å²) in [7, 11) is 1.70. The van der Waals surface area contributed by atoms with Gasteiger partial charge in [-0.3, -0.25) is 14.3 Å². The molecule has 1 aromatic heterocycles. The van der Waals surface area contributed by atoms with E-state index < -0.39 is 0 Å². The van der Waals surface area contributed by atoms with Crippen molar-refractivity contribution in [3.8, 4) is 5.75 Å². The Balaban J connectivity index is 1.51. The number of piperazine rings is 1. The lowest BCUT2D eigenvalue weighted by molar-refractivity contribution is 0.249. The van der Waals surface area contributed by atoms with Gasteiger partial charge in [-0.2, -0.15) is 0 Å². The van der Waals surface area contributed by atoms with Gasteiger partial charge in [0.05, 0.1) is 12.8 Å². The SMILES string of the molecule is COc1ccccc1N1CCN(CCCn2c(=O)cc(C)[nH]c2=O)CC1. The van der Waals surface area contributed by atoms with Crippen molar-refractivity contribution in [3.63, 3.8) is 0 Å². The Labute approximate surface area is 152 Å². The number of ether oxygens (including phenoxy) is 1. The third kappa shape index (κ3) is 4.16. The number of aromatic nitrogens is 2. The van der Waals surface area contributed by atoms with Crippen LogP contribution in [-0.2, 0) is 6.54 Å². The van der Waals surface area contributed by atoms with E-state index >= 15 is 0 Å². The molecule has 0 amide bonds. The molecule has 140 valence electrons. The number of benzene rings is 1. The molecule has 0 atom stereocenters. The van der Waals surface area contributed by atoms with Gasteiger partial charge in [-0.05, 0) is 32.0 Å². The Morgan fingerprint density at radius 2 is 1.81 bits per heavy atom. The van der Waals surface area contributed by atoms with Gasteiger partial charge in [-0.15, -0.1) is 0 Å². The van der Waals surface area contributed by atoms with Crippen molar-refractivity contribution < 1.29 is 4.74 Å². The fraction of sp³-hybridized carbons (Fsp3) is 0.474. The molecule has 0 bridgehead atoms. The predicted octanol–water partition coefficient (Wildman–Crippen LogP) is 1.07. The summed E-state index contributed by atoms with van der Waals surface area (Å²) in [6, 6.07) is 9.55. The van der Waals surface area contributed by atoms with Crippen LogP contribution in [0.4, 0.5) is 5.69 Å². The van der Waals surface area contributed by atoms with Gasteiger partial charge in [0, 0.05) is 44.5 Å². The fourth-order valence-electron chi connectivity index (χ4n) is 3.40. The summed E-state index contributed by atoms with van der Waals surface area (Å²) in [4.78, 5) is 31.2. The number of nitrogens with zero attached hydrogens (tertiary/aromatic N) is 3. The molecule has 26 heavy (non-hydrogen) atoms. The molecular weight excluding hydrogens is 332 g/mol. The number of nitrogens with one attached hydrogen (secondary N) is 1. The lowest BCUT2D eigenvalue weighted by Crippen LogP contribution is -2.47. The maximum atomic E-state index is 11.9. The molecule has 7 heteroatoms. The highest BCUT2D eigenvalue weighted by atomic mass is 16.5. The smallest absolute Gasteiger partial charge is 0.328 e. The zero-order chi connectivity index (χ0) is 18.5. The highest BCUT2D eigenvalue weighted by Gasteiger charge is 2.19. The zero-order valence-corrected chi connectivity index (χ0v) is 15.4. The molecule has 1 fully saturated rings. The third-order valence-corrected chi connectivity index (χ3v) is 4.81. The minimum atomic E-state index is -0.323. The van der Waals surface area contributed by atoms with E-state index in [0.29, 0.717) is 12.2 Å². The Bertz CT molecular complexity index is 819. The van der Waals surface area contributed by atoms with Gasteiger partial charge in [0.25, 0.3) is 5.56 Å². The predicted molar refractivity (Wildman–Crippen MR) is 102 cm³/mol. The van der Waals surface area contributed by atoms with Crippen molar-refractivity contribution in [2.24, 2.45) is 0 Å². The molecule has 0 saturated carbocycles. The summed E-state index contributed by atoms with van der Waals surface area (Å²) >= 11 is 0. The van der Waals surface area contributed by atoms with Crippen LogP contribution in [0.5, 0.6) is 5.75 Å². The van der Waals surface area contributed by atoms with Gasteiger partial charge in [0.15, 0.2) is 0 Å². The van der Waals surface area contributed by atoms with Crippen molar-refractivity contribution in [1.82, 2.24) is 14.5 Å². The summed E-state index contributed by atoms with van der Waals surface area (Å²) in [5.41, 5.74) is 1.18. The molecule has 1 N–H and O–H groups in total. The molecule has 0 radical (unpaired) electrons. The van der Waals surface area contributed by atoms with E-state index in [4.69, 9.17) is 4.74 Å². The summed E-state index contributed by atoms with van der Waals surface area (Å²) < 4.78 is 6.73. The zero-order valence-electron chi connectivity index (χ0n) is 15.4. The Morgan fingerprint density at radius 3 is 2.50 bits per heavy atom. The second-order valence-electron chi connectivity index (χ2n) is 6.60. The monoisotopic (exact) mass is 358 g/mol. The van der Waals surface area contributed by atoms with E-state index in [1.54, 1.807) is 14.0 Å². The number of H-pyrrole nitrogens is 1. The molecule has 0 unspecified atom stereocenters. The minimum absolute atomic E-state index is 0.229. The van der Waals surface area contributed by atoms with Crippen molar-refractivity contribution >= 4 is 5.69 Å². The fourth-order valence-corrected chi connectivity index (χ4v) is 3.40. The number of para-hydroxylation sites is 2. The van der Waals surface area contributed by atoms with Gasteiger partial charge in [0.1, 0.15) is 5.75 Å². The number of methoxy groups -OCH3 is 1. The molecule has 2 heterocycles. The van der Waals surface area contributed by atoms with Crippen LogP contribution < -0.4 is 20.9 Å².